The first-order valence-electron chi connectivity index (χ1n) is 3.46. The van der Waals surface area contributed by atoms with Crippen molar-refractivity contribution in [3.8, 4) is 5.75 Å². The predicted octanol–water partition coefficient (Wildman–Crippen LogP) is 0.930. The minimum Gasteiger partial charge on any atom is -0.594 e. The van der Waals surface area contributed by atoms with E-state index in [0.29, 0.717) is 5.75 Å². The standard InChI is InChI=1S/C8H6NO2P/c10-12-6-9-5-7-3-1-2-4-8(7)11-12/h1-6H. The van der Waals surface area contributed by atoms with E-state index in [1.165, 1.54) is 5.92 Å². The number of rotatable bonds is 0. The van der Waals surface area contributed by atoms with Crippen molar-refractivity contribution < 1.29 is 9.42 Å². The van der Waals surface area contributed by atoms with Crippen LogP contribution in [0.25, 0.3) is 0 Å². The number of aliphatic imine (C=N–C) groups is 1. The summed E-state index contributed by atoms with van der Waals surface area (Å²) in [6, 6.07) is 7.35. The van der Waals surface area contributed by atoms with E-state index < -0.39 is 8.00 Å². The number of nitrogens with zero attached hydrogens (tertiary/aromatic N) is 1. The minimum atomic E-state index is -1.78. The molecule has 60 valence electrons. The Morgan fingerprint density at radius 2 is 2.17 bits per heavy atom. The molecule has 3 nitrogen and oxygen atoms in total. The van der Waals surface area contributed by atoms with Gasteiger partial charge in [0, 0.05) is 11.8 Å². The second-order valence-corrected chi connectivity index (χ2v) is 3.29. The molecule has 0 fully saturated rings. The molecule has 0 bridgehead atoms. The molecule has 0 saturated carbocycles. The van der Waals surface area contributed by atoms with Crippen molar-refractivity contribution >= 4 is 20.1 Å². The van der Waals surface area contributed by atoms with Crippen molar-refractivity contribution in [2.75, 3.05) is 0 Å². The second-order valence-electron chi connectivity index (χ2n) is 2.31. The lowest BCUT2D eigenvalue weighted by molar-refractivity contribution is -0.165. The molecule has 12 heavy (non-hydrogen) atoms. The Morgan fingerprint density at radius 3 is 3.08 bits per heavy atom. The lowest BCUT2D eigenvalue weighted by Crippen LogP contribution is -1.95. The molecule has 1 atom stereocenters. The van der Waals surface area contributed by atoms with Crippen LogP contribution in [0.5, 0.6) is 5.75 Å². The number of hydrogen-bond donors (Lipinski definition) is 0. The van der Waals surface area contributed by atoms with E-state index in [1.54, 1.807) is 12.3 Å². The molecule has 0 spiro atoms. The molecule has 1 unspecified atom stereocenters. The van der Waals surface area contributed by atoms with E-state index in [1.807, 2.05) is 18.2 Å². The molecule has 1 aromatic rings. The molecule has 0 aromatic heterocycles. The summed E-state index contributed by atoms with van der Waals surface area (Å²) < 4.78 is 5.09. The lowest BCUT2D eigenvalue weighted by atomic mass is 10.2. The first-order valence-corrected chi connectivity index (χ1v) is 4.71. The lowest BCUT2D eigenvalue weighted by Gasteiger charge is -1.99. The third-order valence-electron chi connectivity index (χ3n) is 1.48. The molecule has 1 aliphatic heterocycles. The van der Waals surface area contributed by atoms with Crippen LogP contribution in [-0.2, 0) is 0 Å². The van der Waals surface area contributed by atoms with Gasteiger partial charge >= 0.3 is 0 Å². The highest BCUT2D eigenvalue weighted by atomic mass is 31.1. The van der Waals surface area contributed by atoms with Crippen LogP contribution >= 0.6 is 8.00 Å². The first-order chi connectivity index (χ1) is 5.86. The van der Waals surface area contributed by atoms with E-state index in [2.05, 4.69) is 4.99 Å². The maximum absolute atomic E-state index is 11.0. The summed E-state index contributed by atoms with van der Waals surface area (Å²) in [7, 11) is -1.78. The molecule has 0 N–H and O–H groups in total. The van der Waals surface area contributed by atoms with Crippen molar-refractivity contribution in [2.45, 2.75) is 0 Å². The molecule has 0 radical (unpaired) electrons. The SMILES string of the molecule is [O-][P+]1=CN=Cc2ccccc2O1. The molecule has 2 rings (SSSR count). The van der Waals surface area contributed by atoms with Crippen LogP contribution in [0.3, 0.4) is 0 Å². The summed E-state index contributed by atoms with van der Waals surface area (Å²) in [4.78, 5) is 14.8. The summed E-state index contributed by atoms with van der Waals surface area (Å²) in [5, 5.41) is 0. The van der Waals surface area contributed by atoms with Crippen LogP contribution < -0.4 is 9.42 Å². The van der Waals surface area contributed by atoms with Gasteiger partial charge in [0.05, 0.1) is 0 Å². The van der Waals surface area contributed by atoms with Gasteiger partial charge in [0.1, 0.15) is 0 Å². The number of hydrogen-bond acceptors (Lipinski definition) is 3. The molecule has 1 aromatic carbocycles. The molecule has 1 aliphatic rings. The Bertz CT molecular complexity index is 360. The second kappa shape index (κ2) is 3.05. The fourth-order valence-corrected chi connectivity index (χ4v) is 1.54. The number of para-hydroxylation sites is 1. The largest absolute Gasteiger partial charge is 0.594 e. The van der Waals surface area contributed by atoms with Crippen molar-refractivity contribution in [1.29, 1.82) is 0 Å². The van der Waals surface area contributed by atoms with Gasteiger partial charge in [0.25, 0.3) is 8.00 Å². The van der Waals surface area contributed by atoms with Gasteiger partial charge in [0.15, 0.2) is 5.75 Å². The third kappa shape index (κ3) is 1.37. The van der Waals surface area contributed by atoms with E-state index in [9.17, 15) is 4.89 Å². The smallest absolute Gasteiger partial charge is 0.297 e. The molecule has 0 aliphatic carbocycles. The zero-order chi connectivity index (χ0) is 8.39. The van der Waals surface area contributed by atoms with Crippen LogP contribution in [0.2, 0.25) is 0 Å². The van der Waals surface area contributed by atoms with Crippen molar-refractivity contribution in [2.24, 2.45) is 4.99 Å². The summed E-state index contributed by atoms with van der Waals surface area (Å²) >= 11 is 0. The van der Waals surface area contributed by atoms with Crippen molar-refractivity contribution in [3.63, 3.8) is 0 Å². The van der Waals surface area contributed by atoms with E-state index >= 15 is 0 Å². The van der Waals surface area contributed by atoms with Gasteiger partial charge in [-0.05, 0) is 12.1 Å². The quantitative estimate of drug-likeness (QED) is 0.556. The van der Waals surface area contributed by atoms with Crippen molar-refractivity contribution in [1.82, 2.24) is 0 Å². The average Bonchev–Trinajstić information content (AvgIpc) is 2.25. The Kier molecular flexibility index (Phi) is 1.90. The predicted molar refractivity (Wildman–Crippen MR) is 47.6 cm³/mol. The van der Waals surface area contributed by atoms with E-state index in [0.717, 1.165) is 5.56 Å². The van der Waals surface area contributed by atoms with Gasteiger partial charge in [0.2, 0.25) is 5.92 Å². The van der Waals surface area contributed by atoms with Crippen LogP contribution in [0.4, 0.5) is 0 Å². The molecule has 4 heteroatoms. The monoisotopic (exact) mass is 179 g/mol. The van der Waals surface area contributed by atoms with Gasteiger partial charge in [-0.1, -0.05) is 12.1 Å². The average molecular weight is 179 g/mol. The van der Waals surface area contributed by atoms with Crippen LogP contribution in [-0.4, -0.2) is 12.1 Å². The summed E-state index contributed by atoms with van der Waals surface area (Å²) in [6.45, 7) is 0. The van der Waals surface area contributed by atoms with Crippen LogP contribution in [0.15, 0.2) is 29.3 Å². The van der Waals surface area contributed by atoms with Gasteiger partial charge in [-0.3, -0.25) is 4.52 Å². The maximum atomic E-state index is 11.0. The molecule has 0 saturated heterocycles. The summed E-state index contributed by atoms with van der Waals surface area (Å²) in [5.74, 6) is 1.92. The van der Waals surface area contributed by atoms with E-state index in [4.69, 9.17) is 4.52 Å². The Morgan fingerprint density at radius 1 is 1.33 bits per heavy atom. The maximum Gasteiger partial charge on any atom is 0.297 e. The highest BCUT2D eigenvalue weighted by molar-refractivity contribution is 7.45. The molecular formula is C8H6NO2P. The summed E-state index contributed by atoms with van der Waals surface area (Å²) in [6.07, 6.45) is 1.63. The van der Waals surface area contributed by atoms with Gasteiger partial charge in [-0.25, -0.2) is 4.99 Å². The molecular weight excluding hydrogens is 173 g/mol. The molecule has 0 amide bonds. The zero-order valence-electron chi connectivity index (χ0n) is 6.18. The number of benzene rings is 1. The van der Waals surface area contributed by atoms with E-state index in [-0.39, 0.29) is 0 Å². The highest BCUT2D eigenvalue weighted by Crippen LogP contribution is 2.25. The van der Waals surface area contributed by atoms with Crippen molar-refractivity contribution in [3.05, 3.63) is 29.8 Å². The Labute approximate surface area is 70.9 Å². The number of fused-ring (bicyclic) bond motifs is 1. The highest BCUT2D eigenvalue weighted by Gasteiger charge is 2.08. The van der Waals surface area contributed by atoms with Crippen LogP contribution in [0.1, 0.15) is 5.56 Å². The first kappa shape index (κ1) is 7.47. The topological polar surface area (TPSA) is 44.7 Å². The van der Waals surface area contributed by atoms with Crippen LogP contribution in [0, 0.1) is 0 Å². The normalized spacial score (nSPS) is 17.2. The minimum absolute atomic E-state index is 0.621. The van der Waals surface area contributed by atoms with Gasteiger partial charge in [-0.2, -0.15) is 0 Å². The van der Waals surface area contributed by atoms with Gasteiger partial charge in [-0.15, -0.1) is 0 Å². The fraction of sp³-hybridized carbons (Fsp3) is 0. The molecule has 1 heterocycles. The fourth-order valence-electron chi connectivity index (χ4n) is 0.959. The van der Waals surface area contributed by atoms with Gasteiger partial charge < -0.3 is 4.89 Å². The summed E-state index contributed by atoms with van der Waals surface area (Å²) in [5.41, 5.74) is 0.856. The Hall–Kier alpha value is -1.18. The third-order valence-corrected chi connectivity index (χ3v) is 2.18. The zero-order valence-corrected chi connectivity index (χ0v) is 7.07. The Balaban J connectivity index is 2.49.